The zero-order valence-electron chi connectivity index (χ0n) is 12.7. The van der Waals surface area contributed by atoms with Gasteiger partial charge in [-0.2, -0.15) is 0 Å². The molecule has 0 aromatic rings. The number of aliphatic hydroxyl groups is 1. The van der Waals surface area contributed by atoms with Gasteiger partial charge in [-0.15, -0.1) is 0 Å². The van der Waals surface area contributed by atoms with Gasteiger partial charge in [-0.3, -0.25) is 0 Å². The minimum Gasteiger partial charge on any atom is -0.389 e. The molecule has 0 aliphatic heterocycles. The Balaban J connectivity index is 3.22. The Morgan fingerprint density at radius 1 is 1.16 bits per heavy atom. The molecule has 116 valence electrons. The van der Waals surface area contributed by atoms with Crippen LogP contribution in [0, 0.1) is 0 Å². The first kappa shape index (κ1) is 18.8. The third kappa shape index (κ3) is 14.0. The smallest absolute Gasteiger partial charge is 0.0897 e. The monoisotopic (exact) mass is 277 g/mol. The molecule has 0 heterocycles. The molecule has 2 N–H and O–H groups in total. The van der Waals surface area contributed by atoms with Crippen molar-refractivity contribution in [2.75, 3.05) is 46.6 Å². The van der Waals surface area contributed by atoms with Crippen LogP contribution in [0.5, 0.6) is 0 Å². The van der Waals surface area contributed by atoms with Crippen molar-refractivity contribution in [2.24, 2.45) is 0 Å². The lowest BCUT2D eigenvalue weighted by Gasteiger charge is -2.16. The number of unbranched alkanes of at least 4 members (excludes halogenated alkanes) is 1. The van der Waals surface area contributed by atoms with Gasteiger partial charge in [-0.05, 0) is 26.3 Å². The zero-order valence-corrected chi connectivity index (χ0v) is 12.7. The SMILES string of the molecule is CCCCOCCCNCC(O)COC(C)COC. The predicted octanol–water partition coefficient (Wildman–Crippen LogP) is 1.20. The summed E-state index contributed by atoms with van der Waals surface area (Å²) in [5.74, 6) is 0. The van der Waals surface area contributed by atoms with Crippen LogP contribution >= 0.6 is 0 Å². The van der Waals surface area contributed by atoms with E-state index >= 15 is 0 Å². The Kier molecular flexibility index (Phi) is 14.1. The summed E-state index contributed by atoms with van der Waals surface area (Å²) >= 11 is 0. The van der Waals surface area contributed by atoms with Crippen LogP contribution in [-0.2, 0) is 14.2 Å². The summed E-state index contributed by atoms with van der Waals surface area (Å²) in [6.07, 6.45) is 2.82. The van der Waals surface area contributed by atoms with Crippen molar-refractivity contribution in [3.8, 4) is 0 Å². The molecule has 5 nitrogen and oxygen atoms in total. The van der Waals surface area contributed by atoms with E-state index in [1.165, 1.54) is 6.42 Å². The summed E-state index contributed by atoms with van der Waals surface area (Å²) in [4.78, 5) is 0. The van der Waals surface area contributed by atoms with Gasteiger partial charge in [0, 0.05) is 26.9 Å². The Labute approximate surface area is 117 Å². The number of aliphatic hydroxyl groups excluding tert-OH is 1. The highest BCUT2D eigenvalue weighted by atomic mass is 16.5. The van der Waals surface area contributed by atoms with E-state index in [0.29, 0.717) is 19.8 Å². The fraction of sp³-hybridized carbons (Fsp3) is 1.00. The van der Waals surface area contributed by atoms with Crippen LogP contribution in [0.2, 0.25) is 0 Å². The van der Waals surface area contributed by atoms with Crippen molar-refractivity contribution in [3.05, 3.63) is 0 Å². The van der Waals surface area contributed by atoms with E-state index in [1.54, 1.807) is 7.11 Å². The fourth-order valence-corrected chi connectivity index (χ4v) is 1.53. The standard InChI is InChI=1S/C14H31NO4/c1-4-5-8-18-9-6-7-15-10-14(16)12-19-13(2)11-17-3/h13-16H,4-12H2,1-3H3. The van der Waals surface area contributed by atoms with Crippen LogP contribution in [0.3, 0.4) is 0 Å². The first-order valence-electron chi connectivity index (χ1n) is 7.27. The third-order valence-corrected chi connectivity index (χ3v) is 2.64. The number of rotatable bonds is 14. The quantitative estimate of drug-likeness (QED) is 0.467. The Hall–Kier alpha value is -0.200. The molecule has 0 spiro atoms. The fourth-order valence-electron chi connectivity index (χ4n) is 1.53. The highest BCUT2D eigenvalue weighted by Gasteiger charge is 2.07. The van der Waals surface area contributed by atoms with Crippen molar-refractivity contribution < 1.29 is 19.3 Å². The third-order valence-electron chi connectivity index (χ3n) is 2.64. The van der Waals surface area contributed by atoms with Gasteiger partial charge in [0.1, 0.15) is 0 Å². The van der Waals surface area contributed by atoms with Crippen molar-refractivity contribution in [1.82, 2.24) is 5.32 Å². The first-order valence-corrected chi connectivity index (χ1v) is 7.27. The molecule has 0 amide bonds. The molecular weight excluding hydrogens is 246 g/mol. The molecule has 0 bridgehead atoms. The van der Waals surface area contributed by atoms with Crippen LogP contribution in [-0.4, -0.2) is 63.9 Å². The van der Waals surface area contributed by atoms with Crippen molar-refractivity contribution in [2.45, 2.75) is 45.3 Å². The van der Waals surface area contributed by atoms with Crippen LogP contribution in [0.25, 0.3) is 0 Å². The van der Waals surface area contributed by atoms with Gasteiger partial charge in [0.05, 0.1) is 25.4 Å². The Morgan fingerprint density at radius 3 is 2.58 bits per heavy atom. The minimum atomic E-state index is -0.472. The Morgan fingerprint density at radius 2 is 1.89 bits per heavy atom. The van der Waals surface area contributed by atoms with E-state index in [1.807, 2.05) is 6.92 Å². The van der Waals surface area contributed by atoms with E-state index in [9.17, 15) is 5.11 Å². The van der Waals surface area contributed by atoms with Crippen LogP contribution < -0.4 is 5.32 Å². The largest absolute Gasteiger partial charge is 0.389 e. The average Bonchev–Trinajstić information content (AvgIpc) is 2.40. The van der Waals surface area contributed by atoms with Crippen LogP contribution in [0.1, 0.15) is 33.1 Å². The molecule has 0 fully saturated rings. The lowest BCUT2D eigenvalue weighted by molar-refractivity contribution is -0.0311. The van der Waals surface area contributed by atoms with Crippen LogP contribution in [0.15, 0.2) is 0 Å². The van der Waals surface area contributed by atoms with Gasteiger partial charge in [0.25, 0.3) is 0 Å². The summed E-state index contributed by atoms with van der Waals surface area (Å²) in [6, 6.07) is 0. The number of hydrogen-bond acceptors (Lipinski definition) is 5. The van der Waals surface area contributed by atoms with Crippen molar-refractivity contribution in [1.29, 1.82) is 0 Å². The molecule has 0 saturated heterocycles. The molecule has 0 rings (SSSR count). The highest BCUT2D eigenvalue weighted by molar-refractivity contribution is 4.59. The van der Waals surface area contributed by atoms with Crippen molar-refractivity contribution >= 4 is 0 Å². The second-order valence-corrected chi connectivity index (χ2v) is 4.78. The topological polar surface area (TPSA) is 60.0 Å². The van der Waals surface area contributed by atoms with Gasteiger partial charge in [-0.1, -0.05) is 13.3 Å². The van der Waals surface area contributed by atoms with Crippen molar-refractivity contribution in [3.63, 3.8) is 0 Å². The lowest BCUT2D eigenvalue weighted by atomic mass is 10.3. The van der Waals surface area contributed by atoms with E-state index in [0.717, 1.165) is 32.6 Å². The number of nitrogens with one attached hydrogen (secondary N) is 1. The van der Waals surface area contributed by atoms with Gasteiger partial charge >= 0.3 is 0 Å². The molecule has 2 atom stereocenters. The molecular formula is C14H31NO4. The molecule has 2 unspecified atom stereocenters. The molecule has 0 aliphatic carbocycles. The normalized spacial score (nSPS) is 14.5. The molecule has 0 saturated carbocycles. The van der Waals surface area contributed by atoms with Crippen LogP contribution in [0.4, 0.5) is 0 Å². The van der Waals surface area contributed by atoms with E-state index in [2.05, 4.69) is 12.2 Å². The van der Waals surface area contributed by atoms with Gasteiger partial charge in [0.2, 0.25) is 0 Å². The number of ether oxygens (including phenoxy) is 3. The summed E-state index contributed by atoms with van der Waals surface area (Å²) < 4.78 is 15.8. The van der Waals surface area contributed by atoms with Gasteiger partial charge in [0.15, 0.2) is 0 Å². The summed E-state index contributed by atoms with van der Waals surface area (Å²) in [5, 5.41) is 12.9. The minimum absolute atomic E-state index is 0.0200. The molecule has 0 aromatic carbocycles. The second kappa shape index (κ2) is 14.2. The average molecular weight is 277 g/mol. The van der Waals surface area contributed by atoms with E-state index in [-0.39, 0.29) is 6.10 Å². The van der Waals surface area contributed by atoms with Gasteiger partial charge < -0.3 is 24.6 Å². The maximum atomic E-state index is 9.68. The number of hydrogen-bond donors (Lipinski definition) is 2. The molecule has 19 heavy (non-hydrogen) atoms. The maximum Gasteiger partial charge on any atom is 0.0897 e. The molecule has 0 aliphatic rings. The Bertz CT molecular complexity index is 181. The first-order chi connectivity index (χ1) is 9.20. The summed E-state index contributed by atoms with van der Waals surface area (Å²) in [5.41, 5.74) is 0. The second-order valence-electron chi connectivity index (χ2n) is 4.78. The number of methoxy groups -OCH3 is 1. The predicted molar refractivity (Wildman–Crippen MR) is 76.5 cm³/mol. The van der Waals surface area contributed by atoms with E-state index < -0.39 is 6.10 Å². The van der Waals surface area contributed by atoms with Gasteiger partial charge in [-0.25, -0.2) is 0 Å². The molecule has 0 aromatic heterocycles. The summed E-state index contributed by atoms with van der Waals surface area (Å²) in [7, 11) is 1.64. The maximum absolute atomic E-state index is 9.68. The zero-order chi connectivity index (χ0) is 14.3. The van der Waals surface area contributed by atoms with E-state index in [4.69, 9.17) is 14.2 Å². The summed E-state index contributed by atoms with van der Waals surface area (Å²) in [6.45, 7) is 8.01. The highest BCUT2D eigenvalue weighted by Crippen LogP contribution is 1.94. The molecule has 0 radical (unpaired) electrons. The lowest BCUT2D eigenvalue weighted by Crippen LogP contribution is -2.33. The molecule has 5 heteroatoms.